The van der Waals surface area contributed by atoms with Crippen molar-refractivity contribution in [3.8, 4) is 0 Å². The van der Waals surface area contributed by atoms with E-state index in [9.17, 15) is 19.2 Å². The summed E-state index contributed by atoms with van der Waals surface area (Å²) in [7, 11) is 0. The molecule has 280 valence electrons. The van der Waals surface area contributed by atoms with Crippen molar-refractivity contribution in [3.05, 3.63) is 12.2 Å². The molecule has 9 nitrogen and oxygen atoms in total. The summed E-state index contributed by atoms with van der Waals surface area (Å²) in [6, 6.07) is -1.38. The molecule has 0 aliphatic heterocycles. The van der Waals surface area contributed by atoms with Gasteiger partial charge in [-0.1, -0.05) is 142 Å². The largest absolute Gasteiger partial charge is 0.480 e. The number of aliphatic carboxylic acids is 1. The Labute approximate surface area is 292 Å². The number of carboxylic acid groups (broad SMARTS) is 1. The Morgan fingerprint density at radius 1 is 0.625 bits per heavy atom. The number of allylic oxidation sites excluding steroid dienone is 1. The first kappa shape index (κ1) is 45.6. The Morgan fingerprint density at radius 3 is 1.62 bits per heavy atom. The van der Waals surface area contributed by atoms with E-state index in [2.05, 4.69) is 36.6 Å². The van der Waals surface area contributed by atoms with Gasteiger partial charge in [0, 0.05) is 12.8 Å². The van der Waals surface area contributed by atoms with E-state index < -0.39 is 24.5 Å². The molecule has 2 amide bonds. The number of rotatable bonds is 35. The molecule has 0 saturated carbocycles. The van der Waals surface area contributed by atoms with E-state index >= 15 is 0 Å². The SMILES string of the molecule is CCCCCCCC/C=C\C(CCCCCCCCC(=O)NCC(=O)NC(CO)C(=O)O)OC(=O)CCCCCCCCCCCCC. The highest BCUT2D eigenvalue weighted by molar-refractivity contribution is 5.87. The molecule has 0 aromatic heterocycles. The lowest BCUT2D eigenvalue weighted by atomic mass is 10.0. The maximum absolute atomic E-state index is 12.6. The van der Waals surface area contributed by atoms with Crippen LogP contribution in [0.3, 0.4) is 0 Å². The van der Waals surface area contributed by atoms with Crippen molar-refractivity contribution in [1.82, 2.24) is 10.6 Å². The fourth-order valence-corrected chi connectivity index (χ4v) is 5.68. The summed E-state index contributed by atoms with van der Waals surface area (Å²) < 4.78 is 5.91. The van der Waals surface area contributed by atoms with Crippen LogP contribution < -0.4 is 10.6 Å². The Bertz CT molecular complexity index is 833. The summed E-state index contributed by atoms with van der Waals surface area (Å²) in [5.41, 5.74) is 0. The Balaban J connectivity index is 4.24. The van der Waals surface area contributed by atoms with Crippen molar-refractivity contribution in [1.29, 1.82) is 0 Å². The number of ether oxygens (including phenoxy) is 1. The van der Waals surface area contributed by atoms with E-state index in [-0.39, 0.29) is 24.5 Å². The molecule has 0 spiro atoms. The first-order chi connectivity index (χ1) is 23.3. The number of amides is 2. The van der Waals surface area contributed by atoms with Gasteiger partial charge in [0.2, 0.25) is 11.8 Å². The van der Waals surface area contributed by atoms with Gasteiger partial charge in [-0.3, -0.25) is 14.4 Å². The smallest absolute Gasteiger partial charge is 0.328 e. The third-order valence-corrected chi connectivity index (χ3v) is 8.75. The van der Waals surface area contributed by atoms with Crippen molar-refractivity contribution in [2.24, 2.45) is 0 Å². The van der Waals surface area contributed by atoms with Gasteiger partial charge in [0.05, 0.1) is 13.2 Å². The number of esters is 1. The lowest BCUT2D eigenvalue weighted by molar-refractivity contribution is -0.147. The van der Waals surface area contributed by atoms with Gasteiger partial charge in [-0.15, -0.1) is 0 Å². The van der Waals surface area contributed by atoms with E-state index in [1.807, 2.05) is 0 Å². The molecule has 4 N–H and O–H groups in total. The zero-order valence-corrected chi connectivity index (χ0v) is 30.8. The Morgan fingerprint density at radius 2 is 1.10 bits per heavy atom. The summed E-state index contributed by atoms with van der Waals surface area (Å²) in [5.74, 6) is -2.32. The second-order valence-corrected chi connectivity index (χ2v) is 13.4. The maximum Gasteiger partial charge on any atom is 0.328 e. The van der Waals surface area contributed by atoms with Crippen LogP contribution >= 0.6 is 0 Å². The van der Waals surface area contributed by atoms with Crippen molar-refractivity contribution in [2.45, 2.75) is 199 Å². The Hall–Kier alpha value is -2.42. The van der Waals surface area contributed by atoms with Crippen LogP contribution in [-0.2, 0) is 23.9 Å². The van der Waals surface area contributed by atoms with Gasteiger partial charge in [0.15, 0.2) is 0 Å². The average molecular weight is 681 g/mol. The number of aliphatic hydroxyl groups excluding tert-OH is 1. The lowest BCUT2D eigenvalue weighted by Gasteiger charge is -2.15. The molecule has 9 heteroatoms. The fraction of sp³-hybridized carbons (Fsp3) is 0.846. The monoisotopic (exact) mass is 681 g/mol. The molecule has 0 radical (unpaired) electrons. The summed E-state index contributed by atoms with van der Waals surface area (Å²) in [4.78, 5) is 47.2. The van der Waals surface area contributed by atoms with E-state index in [0.717, 1.165) is 57.8 Å². The van der Waals surface area contributed by atoms with Crippen molar-refractivity contribution < 1.29 is 34.1 Å². The molecule has 2 unspecified atom stereocenters. The molecule has 0 aromatic rings. The Kier molecular flexibility index (Phi) is 32.7. The van der Waals surface area contributed by atoms with Crippen molar-refractivity contribution >= 4 is 23.8 Å². The standard InChI is InChI=1S/C39H72N2O7/c1-3-5-7-9-11-13-14-15-17-23-27-31-38(45)48-34(28-24-20-16-12-10-8-6-4-2)29-25-21-18-19-22-26-30-36(43)40-32-37(44)41-35(33-42)39(46)47/h24,28,34-35,42H,3-23,25-27,29-33H2,1-2H3,(H,40,43)(H,41,44)(H,46,47)/b28-24-. The number of carbonyl (C=O) groups is 4. The summed E-state index contributed by atoms with van der Waals surface area (Å²) in [6.07, 6.45) is 34.0. The average Bonchev–Trinajstić information content (AvgIpc) is 3.07. The number of hydrogen-bond acceptors (Lipinski definition) is 6. The van der Waals surface area contributed by atoms with Crippen LogP contribution in [0, 0.1) is 0 Å². The van der Waals surface area contributed by atoms with Crippen LogP contribution in [0.2, 0.25) is 0 Å². The first-order valence-electron chi connectivity index (χ1n) is 19.6. The maximum atomic E-state index is 12.6. The third kappa shape index (κ3) is 30.9. The molecule has 0 saturated heterocycles. The van der Waals surface area contributed by atoms with Gasteiger partial charge in [-0.05, 0) is 44.6 Å². The highest BCUT2D eigenvalue weighted by Crippen LogP contribution is 2.16. The zero-order valence-electron chi connectivity index (χ0n) is 30.8. The number of nitrogens with one attached hydrogen (secondary N) is 2. The molecule has 0 fully saturated rings. The van der Waals surface area contributed by atoms with Gasteiger partial charge in [0.1, 0.15) is 12.1 Å². The van der Waals surface area contributed by atoms with Crippen molar-refractivity contribution in [3.63, 3.8) is 0 Å². The number of carboxylic acids is 1. The molecule has 0 aliphatic rings. The number of aliphatic hydroxyl groups is 1. The van der Waals surface area contributed by atoms with Gasteiger partial charge < -0.3 is 25.6 Å². The molecule has 0 aliphatic carbocycles. The molecule has 2 atom stereocenters. The predicted octanol–water partition coefficient (Wildman–Crippen LogP) is 8.70. The minimum Gasteiger partial charge on any atom is -0.480 e. The van der Waals surface area contributed by atoms with Gasteiger partial charge in [0.25, 0.3) is 0 Å². The molecule has 0 bridgehead atoms. The van der Waals surface area contributed by atoms with Gasteiger partial charge in [-0.25, -0.2) is 4.79 Å². The molecule has 0 heterocycles. The summed E-state index contributed by atoms with van der Waals surface area (Å²) >= 11 is 0. The first-order valence-corrected chi connectivity index (χ1v) is 19.6. The van der Waals surface area contributed by atoms with Crippen LogP contribution in [0.25, 0.3) is 0 Å². The lowest BCUT2D eigenvalue weighted by Crippen LogP contribution is -2.47. The third-order valence-electron chi connectivity index (χ3n) is 8.75. The second-order valence-electron chi connectivity index (χ2n) is 13.4. The zero-order chi connectivity index (χ0) is 35.5. The molecular weight excluding hydrogens is 608 g/mol. The van der Waals surface area contributed by atoms with E-state index in [4.69, 9.17) is 14.9 Å². The minimum absolute atomic E-state index is 0.0778. The summed E-state index contributed by atoms with van der Waals surface area (Å²) in [5, 5.41) is 22.5. The second kappa shape index (κ2) is 34.4. The number of carbonyl (C=O) groups excluding carboxylic acids is 3. The van der Waals surface area contributed by atoms with Gasteiger partial charge >= 0.3 is 11.9 Å². The van der Waals surface area contributed by atoms with Gasteiger partial charge in [-0.2, -0.15) is 0 Å². The quantitative estimate of drug-likeness (QED) is 0.0298. The minimum atomic E-state index is -1.38. The van der Waals surface area contributed by atoms with E-state index in [1.54, 1.807) is 0 Å². The topological polar surface area (TPSA) is 142 Å². The van der Waals surface area contributed by atoms with Crippen molar-refractivity contribution in [2.75, 3.05) is 13.2 Å². The van der Waals surface area contributed by atoms with Crippen LogP contribution in [0.4, 0.5) is 0 Å². The van der Waals surface area contributed by atoms with E-state index in [1.165, 1.54) is 96.3 Å². The normalized spacial score (nSPS) is 12.6. The molecule has 48 heavy (non-hydrogen) atoms. The molecule has 0 rings (SSSR count). The van der Waals surface area contributed by atoms with Crippen LogP contribution in [0.5, 0.6) is 0 Å². The van der Waals surface area contributed by atoms with Crippen LogP contribution in [0.1, 0.15) is 187 Å². The molecular formula is C39H72N2O7. The fourth-order valence-electron chi connectivity index (χ4n) is 5.68. The number of hydrogen-bond donors (Lipinski definition) is 4. The van der Waals surface area contributed by atoms with E-state index in [0.29, 0.717) is 19.3 Å². The molecule has 0 aromatic carbocycles. The highest BCUT2D eigenvalue weighted by atomic mass is 16.5. The number of unbranched alkanes of at least 4 members (excludes halogenated alkanes) is 21. The predicted molar refractivity (Wildman–Crippen MR) is 195 cm³/mol. The van der Waals surface area contributed by atoms with Crippen LogP contribution in [0.15, 0.2) is 12.2 Å². The summed E-state index contributed by atoms with van der Waals surface area (Å²) in [6.45, 7) is 3.46. The van der Waals surface area contributed by atoms with Crippen LogP contribution in [-0.4, -0.2) is 59.3 Å². The highest BCUT2D eigenvalue weighted by Gasteiger charge is 2.18.